The number of anilines is 1. The molecule has 3 aromatic rings. The first-order valence-corrected chi connectivity index (χ1v) is 14.2. The summed E-state index contributed by atoms with van der Waals surface area (Å²) in [5.74, 6) is -1.69. The minimum absolute atomic E-state index is 0.0743. The highest BCUT2D eigenvalue weighted by atomic mass is 32.2. The lowest BCUT2D eigenvalue weighted by Crippen LogP contribution is -2.45. The number of fused-ring (bicyclic) bond motifs is 1. The minimum Gasteiger partial charge on any atom is -0.435 e. The van der Waals surface area contributed by atoms with Crippen LogP contribution < -0.4 is 9.04 Å². The van der Waals surface area contributed by atoms with Crippen molar-refractivity contribution in [2.24, 2.45) is 0 Å². The number of hydrogen-bond acceptors (Lipinski definition) is 5. The van der Waals surface area contributed by atoms with Gasteiger partial charge in [0.1, 0.15) is 11.6 Å². The Bertz CT molecular complexity index is 1590. The van der Waals surface area contributed by atoms with Crippen LogP contribution in [0.3, 0.4) is 0 Å². The average molecular weight is 615 g/mol. The van der Waals surface area contributed by atoms with Gasteiger partial charge in [-0.1, -0.05) is 18.2 Å². The second-order valence-electron chi connectivity index (χ2n) is 9.78. The number of rotatable bonds is 7. The summed E-state index contributed by atoms with van der Waals surface area (Å²) in [7, 11) is -4.65. The van der Waals surface area contributed by atoms with Crippen LogP contribution in [0.4, 0.5) is 32.0 Å². The molecular formula is C28H24F6N2O5S. The molecule has 42 heavy (non-hydrogen) atoms. The molecule has 2 aliphatic rings. The zero-order valence-electron chi connectivity index (χ0n) is 21.8. The van der Waals surface area contributed by atoms with E-state index < -0.39 is 50.9 Å². The molecule has 1 fully saturated rings. The number of benzene rings is 3. The number of alkyl halides is 5. The van der Waals surface area contributed by atoms with Crippen molar-refractivity contribution in [2.45, 2.75) is 36.6 Å². The highest BCUT2D eigenvalue weighted by molar-refractivity contribution is 7.92. The van der Waals surface area contributed by atoms with Crippen LogP contribution in [0.25, 0.3) is 11.1 Å². The third kappa shape index (κ3) is 6.19. The lowest BCUT2D eigenvalue weighted by Gasteiger charge is -2.31. The van der Waals surface area contributed by atoms with Crippen LogP contribution in [0.2, 0.25) is 0 Å². The predicted octanol–water partition coefficient (Wildman–Crippen LogP) is 5.48. The van der Waals surface area contributed by atoms with Crippen molar-refractivity contribution in [1.29, 1.82) is 0 Å². The molecule has 0 radical (unpaired) electrons. The van der Waals surface area contributed by atoms with E-state index in [2.05, 4.69) is 4.74 Å². The lowest BCUT2D eigenvalue weighted by molar-refractivity contribution is -0.138. The molecule has 0 spiro atoms. The van der Waals surface area contributed by atoms with E-state index >= 15 is 0 Å². The number of hydrogen-bond donors (Lipinski definition) is 0. The molecule has 14 heteroatoms. The summed E-state index contributed by atoms with van der Waals surface area (Å²) in [6.07, 6.45) is -4.98. The first-order chi connectivity index (χ1) is 19.8. The maximum Gasteiger partial charge on any atom is 0.416 e. The summed E-state index contributed by atoms with van der Waals surface area (Å²) in [6, 6.07) is 9.73. The monoisotopic (exact) mass is 614 g/mol. The van der Waals surface area contributed by atoms with Gasteiger partial charge in [0.15, 0.2) is 0 Å². The zero-order chi connectivity index (χ0) is 30.2. The number of morpholine rings is 1. The highest BCUT2D eigenvalue weighted by Crippen LogP contribution is 2.42. The van der Waals surface area contributed by atoms with E-state index in [-0.39, 0.29) is 35.6 Å². The summed E-state index contributed by atoms with van der Waals surface area (Å²) in [6.45, 7) is -1.96. The van der Waals surface area contributed by atoms with Crippen molar-refractivity contribution in [3.63, 3.8) is 0 Å². The summed E-state index contributed by atoms with van der Waals surface area (Å²) in [5, 5.41) is 0. The molecule has 0 saturated carbocycles. The van der Waals surface area contributed by atoms with Crippen molar-refractivity contribution in [3.05, 3.63) is 77.6 Å². The number of halogens is 6. The van der Waals surface area contributed by atoms with Crippen LogP contribution in [0.5, 0.6) is 5.75 Å². The van der Waals surface area contributed by atoms with E-state index in [4.69, 9.17) is 4.74 Å². The normalized spacial score (nSPS) is 17.5. The summed E-state index contributed by atoms with van der Waals surface area (Å²) < 4.78 is 119. The molecule has 2 aliphatic heterocycles. The van der Waals surface area contributed by atoms with Crippen molar-refractivity contribution in [2.75, 3.05) is 30.6 Å². The largest absolute Gasteiger partial charge is 0.435 e. The maximum absolute atomic E-state index is 14.3. The van der Waals surface area contributed by atoms with Gasteiger partial charge in [0.05, 0.1) is 35.4 Å². The summed E-state index contributed by atoms with van der Waals surface area (Å²) >= 11 is 0. The SMILES string of the molecule is O=C(CC1Cc2ccc(-c3cc(F)cc(OC(F)F)c3)cc2N1S(=O)(=O)c1cccc(C(F)(F)F)c1)N1CCOCC1. The van der Waals surface area contributed by atoms with E-state index in [1.54, 1.807) is 6.07 Å². The predicted molar refractivity (Wildman–Crippen MR) is 139 cm³/mol. The van der Waals surface area contributed by atoms with Crippen LogP contribution in [-0.4, -0.2) is 58.2 Å². The van der Waals surface area contributed by atoms with Crippen molar-refractivity contribution in [3.8, 4) is 16.9 Å². The third-order valence-corrected chi connectivity index (χ3v) is 8.89. The number of nitrogens with zero attached hydrogens (tertiary/aromatic N) is 2. The number of sulfonamides is 1. The van der Waals surface area contributed by atoms with Crippen molar-refractivity contribution in [1.82, 2.24) is 4.90 Å². The highest BCUT2D eigenvalue weighted by Gasteiger charge is 2.41. The van der Waals surface area contributed by atoms with Gasteiger partial charge in [0.2, 0.25) is 5.91 Å². The fourth-order valence-electron chi connectivity index (χ4n) is 5.13. The minimum atomic E-state index is -4.80. The van der Waals surface area contributed by atoms with E-state index in [0.29, 0.717) is 37.9 Å². The number of carbonyl (C=O) groups excluding carboxylic acids is 1. The van der Waals surface area contributed by atoms with Gasteiger partial charge >= 0.3 is 12.8 Å². The lowest BCUT2D eigenvalue weighted by atomic mass is 10.0. The molecule has 3 aromatic carbocycles. The Hall–Kier alpha value is -3.78. The molecule has 1 unspecified atom stereocenters. The molecule has 0 bridgehead atoms. The van der Waals surface area contributed by atoms with Gasteiger partial charge in [-0.05, 0) is 59.5 Å². The van der Waals surface area contributed by atoms with Crippen LogP contribution >= 0.6 is 0 Å². The Labute approximate surface area is 237 Å². The van der Waals surface area contributed by atoms with Crippen LogP contribution in [0, 0.1) is 5.82 Å². The Morgan fingerprint density at radius 1 is 1.00 bits per heavy atom. The van der Waals surface area contributed by atoms with Crippen LogP contribution in [0.15, 0.2) is 65.6 Å². The molecule has 0 N–H and O–H groups in total. The van der Waals surface area contributed by atoms with E-state index in [1.807, 2.05) is 0 Å². The number of ether oxygens (including phenoxy) is 2. The van der Waals surface area contributed by atoms with Gasteiger partial charge in [-0.2, -0.15) is 22.0 Å². The van der Waals surface area contributed by atoms with Gasteiger partial charge in [-0.3, -0.25) is 9.10 Å². The summed E-state index contributed by atoms with van der Waals surface area (Å²) in [5.41, 5.74) is -0.279. The zero-order valence-corrected chi connectivity index (χ0v) is 22.6. The molecule has 0 aromatic heterocycles. The quantitative estimate of drug-likeness (QED) is 0.330. The van der Waals surface area contributed by atoms with Gasteiger partial charge in [-0.25, -0.2) is 12.8 Å². The molecule has 5 rings (SSSR count). The standard InChI is InChI=1S/C28H24F6N2O5S/c29-21-10-19(12-23(15-21)41-27(30)31)17-4-5-18-11-22(16-26(37)35-6-8-40-9-7-35)36(25(18)13-17)42(38,39)24-3-1-2-20(14-24)28(32,33)34/h1-5,10,12-15,22,27H,6-9,11,16H2. The second-order valence-corrected chi connectivity index (χ2v) is 11.6. The van der Waals surface area contributed by atoms with Gasteiger partial charge < -0.3 is 14.4 Å². The molecule has 0 aliphatic carbocycles. The number of amides is 1. The van der Waals surface area contributed by atoms with Gasteiger partial charge in [-0.15, -0.1) is 0 Å². The molecule has 224 valence electrons. The van der Waals surface area contributed by atoms with Crippen LogP contribution in [-0.2, 0) is 32.2 Å². The fourth-order valence-corrected chi connectivity index (χ4v) is 6.85. The van der Waals surface area contributed by atoms with E-state index in [0.717, 1.165) is 40.7 Å². The first-order valence-electron chi connectivity index (χ1n) is 12.8. The maximum atomic E-state index is 14.3. The topological polar surface area (TPSA) is 76.2 Å². The Morgan fingerprint density at radius 3 is 2.43 bits per heavy atom. The third-order valence-electron chi connectivity index (χ3n) is 7.03. The van der Waals surface area contributed by atoms with Crippen molar-refractivity contribution >= 4 is 21.6 Å². The molecular weight excluding hydrogens is 590 g/mol. The first kappa shape index (κ1) is 29.7. The Balaban J connectivity index is 1.58. The van der Waals surface area contributed by atoms with E-state index in [9.17, 15) is 39.6 Å². The summed E-state index contributed by atoms with van der Waals surface area (Å²) in [4.78, 5) is 14.0. The molecule has 7 nitrogen and oxygen atoms in total. The van der Waals surface area contributed by atoms with E-state index in [1.165, 1.54) is 17.0 Å². The van der Waals surface area contributed by atoms with Gasteiger partial charge in [0, 0.05) is 25.6 Å². The van der Waals surface area contributed by atoms with Crippen LogP contribution in [0.1, 0.15) is 17.5 Å². The molecule has 1 atom stereocenters. The molecule has 1 amide bonds. The Morgan fingerprint density at radius 2 is 1.74 bits per heavy atom. The fraction of sp³-hybridized carbons (Fsp3) is 0.321. The van der Waals surface area contributed by atoms with Gasteiger partial charge in [0.25, 0.3) is 10.0 Å². The molecule has 1 saturated heterocycles. The number of carbonyl (C=O) groups is 1. The smallest absolute Gasteiger partial charge is 0.416 e. The molecule has 2 heterocycles. The van der Waals surface area contributed by atoms with Crippen molar-refractivity contribution < 1.29 is 49.0 Å². The second kappa shape index (κ2) is 11.5. The average Bonchev–Trinajstić information content (AvgIpc) is 3.30. The Kier molecular flexibility index (Phi) is 8.12.